The molecule has 0 bridgehead atoms. The van der Waals surface area contributed by atoms with E-state index < -0.39 is 30.3 Å². The Morgan fingerprint density at radius 1 is 1.33 bits per heavy atom. The lowest BCUT2D eigenvalue weighted by Crippen LogP contribution is -2.39. The molecule has 3 unspecified atom stereocenters. The van der Waals surface area contributed by atoms with Gasteiger partial charge >= 0.3 is 5.97 Å². The molecule has 1 aliphatic rings. The van der Waals surface area contributed by atoms with Crippen molar-refractivity contribution in [3.05, 3.63) is 35.9 Å². The van der Waals surface area contributed by atoms with Crippen molar-refractivity contribution in [3.8, 4) is 0 Å². The van der Waals surface area contributed by atoms with Crippen LogP contribution in [0.1, 0.15) is 24.2 Å². The summed E-state index contributed by atoms with van der Waals surface area (Å²) in [6, 6.07) is 8.57. The Balaban J connectivity index is 1.90. The molecule has 0 amide bonds. The Kier molecular flexibility index (Phi) is 4.95. The average Bonchev–Trinajstić information content (AvgIpc) is 2.80. The molecule has 1 heterocycles. The number of esters is 1. The fourth-order valence-electron chi connectivity index (χ4n) is 2.11. The van der Waals surface area contributed by atoms with Crippen molar-refractivity contribution in [2.45, 2.75) is 38.1 Å². The lowest BCUT2D eigenvalue weighted by molar-refractivity contribution is -0.183. The summed E-state index contributed by atoms with van der Waals surface area (Å²) in [4.78, 5) is 11.8. The third-order valence-electron chi connectivity index (χ3n) is 3.09. The minimum Gasteiger partial charge on any atom is -0.459 e. The lowest BCUT2D eigenvalue weighted by atomic mass is 10.2. The first-order valence-electron chi connectivity index (χ1n) is 6.71. The first kappa shape index (κ1) is 15.9. The molecule has 2 rings (SSSR count). The van der Waals surface area contributed by atoms with Gasteiger partial charge in [0.15, 0.2) is 12.1 Å². The molecule has 0 saturated carbocycles. The molecule has 0 aromatic heterocycles. The predicted molar refractivity (Wildman–Crippen MR) is 73.6 cm³/mol. The normalized spacial score (nSPS) is 25.5. The number of hydrogen-bond acceptors (Lipinski definition) is 6. The van der Waals surface area contributed by atoms with Gasteiger partial charge in [-0.25, -0.2) is 4.79 Å². The molecule has 6 heteroatoms. The van der Waals surface area contributed by atoms with Gasteiger partial charge in [0.2, 0.25) is 0 Å². The summed E-state index contributed by atoms with van der Waals surface area (Å²) in [6.07, 6.45) is -2.46. The molecule has 21 heavy (non-hydrogen) atoms. The van der Waals surface area contributed by atoms with E-state index in [1.54, 1.807) is 44.2 Å². The van der Waals surface area contributed by atoms with Gasteiger partial charge in [0.25, 0.3) is 0 Å². The van der Waals surface area contributed by atoms with Crippen molar-refractivity contribution in [1.29, 1.82) is 0 Å². The molecule has 3 atom stereocenters. The number of aliphatic hydroxyl groups excluding tert-OH is 1. The van der Waals surface area contributed by atoms with Crippen molar-refractivity contribution in [1.82, 2.24) is 0 Å². The van der Waals surface area contributed by atoms with E-state index in [0.29, 0.717) is 5.56 Å². The monoisotopic (exact) mass is 296 g/mol. The molecule has 116 valence electrons. The second-order valence-electron chi connectivity index (χ2n) is 5.24. The van der Waals surface area contributed by atoms with Gasteiger partial charge < -0.3 is 24.1 Å². The van der Waals surface area contributed by atoms with Crippen LogP contribution in [0.4, 0.5) is 0 Å². The highest BCUT2D eigenvalue weighted by Crippen LogP contribution is 2.30. The fourth-order valence-corrected chi connectivity index (χ4v) is 2.11. The Morgan fingerprint density at radius 3 is 2.62 bits per heavy atom. The summed E-state index contributed by atoms with van der Waals surface area (Å²) in [7, 11) is 1.46. The van der Waals surface area contributed by atoms with E-state index in [9.17, 15) is 9.90 Å². The number of rotatable bonds is 5. The Morgan fingerprint density at radius 2 is 2.00 bits per heavy atom. The van der Waals surface area contributed by atoms with Crippen molar-refractivity contribution in [2.75, 3.05) is 13.7 Å². The van der Waals surface area contributed by atoms with Crippen LogP contribution in [-0.2, 0) is 18.9 Å². The third kappa shape index (κ3) is 4.01. The van der Waals surface area contributed by atoms with E-state index >= 15 is 0 Å². The molecular weight excluding hydrogens is 276 g/mol. The van der Waals surface area contributed by atoms with Gasteiger partial charge in [-0.3, -0.25) is 0 Å². The third-order valence-corrected chi connectivity index (χ3v) is 3.09. The van der Waals surface area contributed by atoms with Crippen LogP contribution in [0, 0.1) is 0 Å². The van der Waals surface area contributed by atoms with Gasteiger partial charge in [0.1, 0.15) is 18.8 Å². The van der Waals surface area contributed by atoms with Crippen LogP contribution < -0.4 is 0 Å². The zero-order valence-electron chi connectivity index (χ0n) is 12.3. The second kappa shape index (κ2) is 6.53. The van der Waals surface area contributed by atoms with Crippen molar-refractivity contribution in [2.24, 2.45) is 0 Å². The van der Waals surface area contributed by atoms with Crippen molar-refractivity contribution < 1.29 is 28.8 Å². The quantitative estimate of drug-likeness (QED) is 0.826. The van der Waals surface area contributed by atoms with Gasteiger partial charge in [0.05, 0.1) is 5.56 Å². The highest BCUT2D eigenvalue weighted by Gasteiger charge is 2.45. The van der Waals surface area contributed by atoms with Crippen LogP contribution in [0.5, 0.6) is 0 Å². The van der Waals surface area contributed by atoms with Crippen molar-refractivity contribution >= 4 is 5.97 Å². The minimum atomic E-state index is -1.04. The lowest BCUT2D eigenvalue weighted by Gasteiger charge is -2.21. The number of carbonyl (C=O) groups is 1. The number of ether oxygens (including phenoxy) is 4. The number of aliphatic hydroxyl groups is 1. The Labute approximate surface area is 123 Å². The molecule has 1 aliphatic heterocycles. The highest BCUT2D eigenvalue weighted by molar-refractivity contribution is 5.89. The SMILES string of the molecule is COC1OC(C)(C)OC1C(O)COC(=O)c1ccccc1. The molecule has 1 saturated heterocycles. The molecule has 0 aliphatic carbocycles. The van der Waals surface area contributed by atoms with Crippen LogP contribution in [0.3, 0.4) is 0 Å². The van der Waals surface area contributed by atoms with Gasteiger partial charge in [0, 0.05) is 7.11 Å². The van der Waals surface area contributed by atoms with E-state index in [-0.39, 0.29) is 6.61 Å². The fraction of sp³-hybridized carbons (Fsp3) is 0.533. The van der Waals surface area contributed by atoms with E-state index in [2.05, 4.69) is 0 Å². The van der Waals surface area contributed by atoms with Crippen molar-refractivity contribution in [3.63, 3.8) is 0 Å². The summed E-state index contributed by atoms with van der Waals surface area (Å²) in [5.41, 5.74) is 0.428. The molecule has 6 nitrogen and oxygen atoms in total. The molecule has 1 fully saturated rings. The van der Waals surface area contributed by atoms with Crippen LogP contribution in [0.25, 0.3) is 0 Å². The van der Waals surface area contributed by atoms with Gasteiger partial charge in [-0.15, -0.1) is 0 Å². The molecule has 1 aromatic carbocycles. The summed E-state index contributed by atoms with van der Waals surface area (Å²) in [5, 5.41) is 10.1. The van der Waals surface area contributed by atoms with Gasteiger partial charge in [-0.05, 0) is 26.0 Å². The summed E-state index contributed by atoms with van der Waals surface area (Å²) < 4.78 is 21.2. The predicted octanol–water partition coefficient (Wildman–Crippen LogP) is 1.33. The maximum Gasteiger partial charge on any atom is 0.338 e. The first-order chi connectivity index (χ1) is 9.93. The Bertz CT molecular complexity index is 472. The van der Waals surface area contributed by atoms with Crippen LogP contribution in [0.15, 0.2) is 30.3 Å². The average molecular weight is 296 g/mol. The van der Waals surface area contributed by atoms with Gasteiger partial charge in [-0.2, -0.15) is 0 Å². The maximum absolute atomic E-state index is 11.8. The summed E-state index contributed by atoms with van der Waals surface area (Å²) in [5.74, 6) is -1.35. The van der Waals surface area contributed by atoms with Crippen LogP contribution >= 0.6 is 0 Å². The van der Waals surface area contributed by atoms with Crippen LogP contribution in [0.2, 0.25) is 0 Å². The number of hydrogen-bond donors (Lipinski definition) is 1. The number of carbonyl (C=O) groups excluding carboxylic acids is 1. The second-order valence-corrected chi connectivity index (χ2v) is 5.24. The zero-order chi connectivity index (χ0) is 15.5. The van der Waals surface area contributed by atoms with E-state index in [0.717, 1.165) is 0 Å². The largest absolute Gasteiger partial charge is 0.459 e. The number of benzene rings is 1. The molecular formula is C15H20O6. The molecule has 0 radical (unpaired) electrons. The summed E-state index contributed by atoms with van der Waals surface area (Å²) >= 11 is 0. The summed E-state index contributed by atoms with van der Waals surface area (Å²) in [6.45, 7) is 3.25. The minimum absolute atomic E-state index is 0.197. The van der Waals surface area contributed by atoms with E-state index in [4.69, 9.17) is 18.9 Å². The smallest absolute Gasteiger partial charge is 0.338 e. The maximum atomic E-state index is 11.8. The molecule has 0 spiro atoms. The first-order valence-corrected chi connectivity index (χ1v) is 6.71. The zero-order valence-corrected chi connectivity index (χ0v) is 12.3. The molecule has 1 aromatic rings. The Hall–Kier alpha value is -1.47. The topological polar surface area (TPSA) is 74.2 Å². The standard InChI is InChI=1S/C15H20O6/c1-15(2)20-12(14(18-3)21-15)11(16)9-19-13(17)10-7-5-4-6-8-10/h4-8,11-12,14,16H,9H2,1-3H3. The number of methoxy groups -OCH3 is 1. The molecule has 1 N–H and O–H groups in total. The van der Waals surface area contributed by atoms with E-state index in [1.165, 1.54) is 7.11 Å². The van der Waals surface area contributed by atoms with Gasteiger partial charge in [-0.1, -0.05) is 18.2 Å². The highest BCUT2D eigenvalue weighted by atomic mass is 16.8. The van der Waals surface area contributed by atoms with Crippen LogP contribution in [-0.4, -0.2) is 49.1 Å². The van der Waals surface area contributed by atoms with E-state index in [1.807, 2.05) is 0 Å².